The number of carbonyl (C=O) groups is 2. The third-order valence-electron chi connectivity index (χ3n) is 2.40. The van der Waals surface area contributed by atoms with Crippen LogP contribution in [-0.4, -0.2) is 29.1 Å². The van der Waals surface area contributed by atoms with Crippen LogP contribution in [0, 0.1) is 0 Å². The molecule has 0 saturated heterocycles. The van der Waals surface area contributed by atoms with Gasteiger partial charge in [0.15, 0.2) is 6.04 Å². The minimum atomic E-state index is -1.27. The van der Waals surface area contributed by atoms with Gasteiger partial charge < -0.3 is 20.0 Å². The van der Waals surface area contributed by atoms with Crippen molar-refractivity contribution < 1.29 is 24.7 Å². The molecular weight excluding hydrogens is 248 g/mol. The minimum Gasteiger partial charge on any atom is -0.550 e. The van der Waals surface area contributed by atoms with Crippen LogP contribution in [0.5, 0.6) is 0 Å². The molecule has 1 rings (SSSR count). The summed E-state index contributed by atoms with van der Waals surface area (Å²) >= 11 is 0. The van der Waals surface area contributed by atoms with E-state index < -0.39 is 18.0 Å². The van der Waals surface area contributed by atoms with Gasteiger partial charge in [0.1, 0.15) is 6.54 Å². The van der Waals surface area contributed by atoms with Crippen LogP contribution in [0.4, 0.5) is 0 Å². The maximum Gasteiger partial charge on any atom is 0.365 e. The zero-order valence-electron chi connectivity index (χ0n) is 11.0. The maximum atomic E-state index is 11.8. The minimum absolute atomic E-state index is 0.274. The van der Waals surface area contributed by atoms with Crippen molar-refractivity contribution in [2.24, 2.45) is 0 Å². The Kier molecular flexibility index (Phi) is 5.95. The normalized spacial score (nSPS) is 12.2. The van der Waals surface area contributed by atoms with Crippen LogP contribution >= 0.6 is 0 Å². The van der Waals surface area contributed by atoms with Crippen molar-refractivity contribution in [3.63, 3.8) is 0 Å². The molecule has 2 N–H and O–H groups in total. The summed E-state index contributed by atoms with van der Waals surface area (Å²) in [6.45, 7) is 3.89. The molecule has 0 fully saturated rings. The van der Waals surface area contributed by atoms with Crippen LogP contribution in [0.3, 0.4) is 0 Å². The highest BCUT2D eigenvalue weighted by molar-refractivity contribution is 5.79. The van der Waals surface area contributed by atoms with Crippen molar-refractivity contribution in [3.8, 4) is 0 Å². The Balaban J connectivity index is 2.59. The first-order valence-corrected chi connectivity index (χ1v) is 6.11. The van der Waals surface area contributed by atoms with Crippen molar-refractivity contribution in [2.45, 2.75) is 39.0 Å². The zero-order valence-corrected chi connectivity index (χ0v) is 11.0. The van der Waals surface area contributed by atoms with Gasteiger partial charge in [-0.15, -0.1) is 0 Å². The lowest BCUT2D eigenvalue weighted by Crippen LogP contribution is -2.91. The Hall–Kier alpha value is -1.95. The molecule has 1 aromatic rings. The van der Waals surface area contributed by atoms with Gasteiger partial charge in [0.05, 0.1) is 12.5 Å². The molecule has 0 spiro atoms. The molecule has 6 nitrogen and oxygen atoms in total. The van der Waals surface area contributed by atoms with Gasteiger partial charge in [-0.2, -0.15) is 0 Å². The molecule has 0 aliphatic rings. The molecule has 0 aliphatic carbocycles. The number of rotatable bonds is 7. The van der Waals surface area contributed by atoms with Gasteiger partial charge in [0, 0.05) is 23.9 Å². The number of ether oxygens (including phenoxy) is 1. The predicted octanol–water partition coefficient (Wildman–Crippen LogP) is -1.39. The van der Waals surface area contributed by atoms with Gasteiger partial charge in [-0.25, -0.2) is 4.79 Å². The molecule has 104 valence electrons. The first-order valence-electron chi connectivity index (χ1n) is 6.11. The Morgan fingerprint density at radius 3 is 2.74 bits per heavy atom. The van der Waals surface area contributed by atoms with Crippen LogP contribution in [0.15, 0.2) is 24.5 Å². The quantitative estimate of drug-likeness (QED) is 0.613. The number of hydrogen-bond donors (Lipinski definition) is 1. The van der Waals surface area contributed by atoms with Crippen LogP contribution in [0.2, 0.25) is 0 Å². The van der Waals surface area contributed by atoms with Crippen LogP contribution < -0.4 is 10.4 Å². The fourth-order valence-electron chi connectivity index (χ4n) is 1.56. The Morgan fingerprint density at radius 1 is 1.47 bits per heavy atom. The molecule has 0 amide bonds. The summed E-state index contributed by atoms with van der Waals surface area (Å²) in [5.74, 6) is -1.81. The van der Waals surface area contributed by atoms with Crippen molar-refractivity contribution >= 4 is 11.9 Å². The number of esters is 1. The second-order valence-corrected chi connectivity index (χ2v) is 4.47. The summed E-state index contributed by atoms with van der Waals surface area (Å²) in [5, 5.41) is 12.3. The predicted molar refractivity (Wildman–Crippen MR) is 64.5 cm³/mol. The van der Waals surface area contributed by atoms with Gasteiger partial charge in [0.2, 0.25) is 0 Å². The summed E-state index contributed by atoms with van der Waals surface area (Å²) in [6.07, 6.45) is 2.67. The summed E-state index contributed by atoms with van der Waals surface area (Å²) < 4.78 is 5.02. The molecular formula is C13H18N2O4. The average Bonchev–Trinajstić information content (AvgIpc) is 2.34. The summed E-state index contributed by atoms with van der Waals surface area (Å²) in [7, 11) is 0. The fraction of sp³-hybridized carbons (Fsp3) is 0.462. The van der Waals surface area contributed by atoms with Crippen molar-refractivity contribution in [2.75, 3.05) is 0 Å². The highest BCUT2D eigenvalue weighted by Gasteiger charge is 2.24. The lowest BCUT2D eigenvalue weighted by molar-refractivity contribution is -0.693. The van der Waals surface area contributed by atoms with Crippen LogP contribution in [0.1, 0.15) is 25.8 Å². The van der Waals surface area contributed by atoms with Crippen molar-refractivity contribution in [1.29, 1.82) is 0 Å². The third kappa shape index (κ3) is 5.96. The number of carbonyl (C=O) groups excluding carboxylic acids is 2. The lowest BCUT2D eigenvalue weighted by Gasteiger charge is -2.16. The van der Waals surface area contributed by atoms with E-state index in [0.717, 1.165) is 5.56 Å². The monoisotopic (exact) mass is 266 g/mol. The summed E-state index contributed by atoms with van der Waals surface area (Å²) in [5.41, 5.74) is 0.906. The number of aromatic nitrogens is 1. The molecule has 1 atom stereocenters. The largest absolute Gasteiger partial charge is 0.550 e. The highest BCUT2D eigenvalue weighted by Crippen LogP contribution is 1.97. The number of quaternary nitrogens is 1. The molecule has 0 aromatic carbocycles. The zero-order chi connectivity index (χ0) is 14.3. The van der Waals surface area contributed by atoms with Gasteiger partial charge in [-0.3, -0.25) is 4.98 Å². The molecule has 0 aliphatic heterocycles. The average molecular weight is 266 g/mol. The third-order valence-corrected chi connectivity index (χ3v) is 2.40. The number of pyridine rings is 1. The van der Waals surface area contributed by atoms with E-state index >= 15 is 0 Å². The first kappa shape index (κ1) is 15.1. The SMILES string of the molecule is CC(C)OC(=O)[C@H](CC(=O)[O-])[NH2+]Cc1cccnc1. The number of nitrogens with two attached hydrogens (primary N) is 1. The van der Waals surface area contributed by atoms with Crippen molar-refractivity contribution in [1.82, 2.24) is 4.98 Å². The Morgan fingerprint density at radius 2 is 2.21 bits per heavy atom. The Bertz CT molecular complexity index is 420. The van der Waals surface area contributed by atoms with Gasteiger partial charge in [-0.1, -0.05) is 6.07 Å². The number of hydrogen-bond acceptors (Lipinski definition) is 5. The van der Waals surface area contributed by atoms with Crippen LogP contribution in [-0.2, 0) is 20.9 Å². The van der Waals surface area contributed by atoms with E-state index in [-0.39, 0.29) is 12.5 Å². The lowest BCUT2D eigenvalue weighted by atomic mass is 10.2. The van der Waals surface area contributed by atoms with E-state index in [1.165, 1.54) is 0 Å². The smallest absolute Gasteiger partial charge is 0.365 e. The van der Waals surface area contributed by atoms with Crippen LogP contribution in [0.25, 0.3) is 0 Å². The van der Waals surface area contributed by atoms with E-state index in [2.05, 4.69) is 4.98 Å². The highest BCUT2D eigenvalue weighted by atomic mass is 16.5. The molecule has 0 saturated carbocycles. The fourth-order valence-corrected chi connectivity index (χ4v) is 1.56. The van der Waals surface area contributed by atoms with Crippen molar-refractivity contribution in [3.05, 3.63) is 30.1 Å². The molecule has 0 radical (unpaired) electrons. The molecule has 0 unspecified atom stereocenters. The summed E-state index contributed by atoms with van der Waals surface area (Å²) in [6, 6.07) is 2.84. The van der Waals surface area contributed by atoms with Gasteiger partial charge in [0.25, 0.3) is 0 Å². The second-order valence-electron chi connectivity index (χ2n) is 4.47. The van der Waals surface area contributed by atoms with E-state index in [1.54, 1.807) is 37.6 Å². The number of carboxylic acids is 1. The standard InChI is InChI=1S/C13H18N2O4/c1-9(2)19-13(18)11(6-12(16)17)15-8-10-4-3-5-14-7-10/h3-5,7,9,11,15H,6,8H2,1-2H3,(H,16,17)/t11-/m0/s1. The molecule has 1 aromatic heterocycles. The Labute approximate surface area is 111 Å². The number of carboxylic acid groups (broad SMARTS) is 1. The molecule has 1 heterocycles. The van der Waals surface area contributed by atoms with E-state index in [4.69, 9.17) is 4.74 Å². The molecule has 0 bridgehead atoms. The molecule has 19 heavy (non-hydrogen) atoms. The first-order chi connectivity index (χ1) is 8.99. The topological polar surface area (TPSA) is 95.9 Å². The number of aliphatic carboxylic acids is 1. The summed E-state index contributed by atoms with van der Waals surface area (Å²) in [4.78, 5) is 26.4. The molecule has 6 heteroatoms. The van der Waals surface area contributed by atoms with Gasteiger partial charge >= 0.3 is 5.97 Å². The van der Waals surface area contributed by atoms with E-state index in [9.17, 15) is 14.7 Å². The second kappa shape index (κ2) is 7.48. The van der Waals surface area contributed by atoms with E-state index in [1.807, 2.05) is 6.07 Å². The van der Waals surface area contributed by atoms with E-state index in [0.29, 0.717) is 6.54 Å². The van der Waals surface area contributed by atoms with Gasteiger partial charge in [-0.05, 0) is 19.9 Å². The number of nitrogens with zero attached hydrogens (tertiary/aromatic N) is 1. The maximum absolute atomic E-state index is 11.8.